The van der Waals surface area contributed by atoms with Crippen LogP contribution in [0.1, 0.15) is 21.7 Å². The van der Waals surface area contributed by atoms with Crippen LogP contribution in [-0.4, -0.2) is 32.2 Å². The minimum atomic E-state index is -0.321. The summed E-state index contributed by atoms with van der Waals surface area (Å²) in [5, 5.41) is 8.55. The number of fused-ring (bicyclic) bond motifs is 1. The Balaban J connectivity index is 1.36. The Kier molecular flexibility index (Phi) is 4.84. The normalized spacial score (nSPS) is 11.1. The Bertz CT molecular complexity index is 1330. The first-order valence-electron chi connectivity index (χ1n) is 10.1. The summed E-state index contributed by atoms with van der Waals surface area (Å²) in [4.78, 5) is 20.5. The summed E-state index contributed by atoms with van der Waals surface area (Å²) >= 11 is 0. The summed E-state index contributed by atoms with van der Waals surface area (Å²) in [5.74, 6) is 0.811. The molecule has 0 atom stereocenters. The van der Waals surface area contributed by atoms with Crippen LogP contribution in [0.2, 0.25) is 0 Å². The number of nitrogens with one attached hydrogen (secondary N) is 2. The molecule has 3 heterocycles. The first kappa shape index (κ1) is 18.9. The summed E-state index contributed by atoms with van der Waals surface area (Å²) in [6.45, 7) is 2.50. The molecule has 0 fully saturated rings. The van der Waals surface area contributed by atoms with E-state index < -0.39 is 0 Å². The fourth-order valence-electron chi connectivity index (χ4n) is 3.57. The smallest absolute Gasteiger partial charge is 0.291 e. The van der Waals surface area contributed by atoms with Gasteiger partial charge < -0.3 is 14.7 Å². The van der Waals surface area contributed by atoms with Crippen LogP contribution in [-0.2, 0) is 6.42 Å². The van der Waals surface area contributed by atoms with Gasteiger partial charge in [0.2, 0.25) is 5.82 Å². The first-order chi connectivity index (χ1) is 15.2. The van der Waals surface area contributed by atoms with E-state index in [1.165, 1.54) is 5.39 Å². The largest absolute Gasteiger partial charge is 0.461 e. The van der Waals surface area contributed by atoms with Crippen LogP contribution in [0.5, 0.6) is 0 Å². The average molecular weight is 411 g/mol. The molecule has 2 N–H and O–H groups in total. The van der Waals surface area contributed by atoms with Crippen molar-refractivity contribution in [3.8, 4) is 17.3 Å². The minimum Gasteiger partial charge on any atom is -0.461 e. The van der Waals surface area contributed by atoms with Crippen LogP contribution >= 0.6 is 0 Å². The number of carbonyl (C=O) groups excluding carboxylic acids is 1. The van der Waals surface area contributed by atoms with Crippen LogP contribution in [0.25, 0.3) is 28.2 Å². The monoisotopic (exact) mass is 411 g/mol. The summed E-state index contributed by atoms with van der Waals surface area (Å²) in [7, 11) is 0. The van der Waals surface area contributed by atoms with Crippen molar-refractivity contribution in [3.05, 3.63) is 90.1 Å². The van der Waals surface area contributed by atoms with Crippen molar-refractivity contribution in [2.75, 3.05) is 6.54 Å². The van der Waals surface area contributed by atoms with Crippen molar-refractivity contribution in [3.63, 3.8) is 0 Å². The molecule has 0 unspecified atom stereocenters. The maximum Gasteiger partial charge on any atom is 0.291 e. The summed E-state index contributed by atoms with van der Waals surface area (Å²) in [6.07, 6.45) is 4.26. The third-order valence-electron chi connectivity index (χ3n) is 5.19. The van der Waals surface area contributed by atoms with Crippen molar-refractivity contribution in [1.29, 1.82) is 0 Å². The van der Waals surface area contributed by atoms with Crippen molar-refractivity contribution >= 4 is 16.8 Å². The van der Waals surface area contributed by atoms with Gasteiger partial charge in [-0.2, -0.15) is 4.98 Å². The predicted octanol–water partition coefficient (Wildman–Crippen LogP) is 4.29. The van der Waals surface area contributed by atoms with E-state index in [9.17, 15) is 4.79 Å². The van der Waals surface area contributed by atoms with Crippen molar-refractivity contribution < 1.29 is 9.21 Å². The molecule has 0 aliphatic heterocycles. The molecule has 0 saturated carbocycles. The van der Waals surface area contributed by atoms with Gasteiger partial charge >= 0.3 is 0 Å². The Morgan fingerprint density at radius 3 is 2.74 bits per heavy atom. The lowest BCUT2D eigenvalue weighted by molar-refractivity contribution is 0.0944. The van der Waals surface area contributed by atoms with E-state index in [0.29, 0.717) is 24.6 Å². The number of nitrogens with zero attached hydrogens (tertiary/aromatic N) is 3. The summed E-state index contributed by atoms with van der Waals surface area (Å²) in [5.41, 5.74) is 4.19. The highest BCUT2D eigenvalue weighted by atomic mass is 16.3. The van der Waals surface area contributed by atoms with Crippen LogP contribution in [0, 0.1) is 6.92 Å². The quantitative estimate of drug-likeness (QED) is 0.436. The molecule has 0 radical (unpaired) electrons. The van der Waals surface area contributed by atoms with Gasteiger partial charge in [-0.25, -0.2) is 4.68 Å². The number of aryl methyl sites for hydroxylation is 1. The Morgan fingerprint density at radius 2 is 1.94 bits per heavy atom. The second-order valence-electron chi connectivity index (χ2n) is 7.35. The predicted molar refractivity (Wildman–Crippen MR) is 118 cm³/mol. The number of carbonyl (C=O) groups is 1. The van der Waals surface area contributed by atoms with Gasteiger partial charge in [-0.15, -0.1) is 5.10 Å². The Labute approximate surface area is 178 Å². The van der Waals surface area contributed by atoms with Crippen molar-refractivity contribution in [2.45, 2.75) is 13.3 Å². The highest BCUT2D eigenvalue weighted by molar-refractivity contribution is 5.91. The zero-order valence-electron chi connectivity index (χ0n) is 17.0. The van der Waals surface area contributed by atoms with Gasteiger partial charge in [-0.05, 0) is 49.2 Å². The Morgan fingerprint density at radius 1 is 1.10 bits per heavy atom. The number of hydrogen-bond donors (Lipinski definition) is 2. The highest BCUT2D eigenvalue weighted by Gasteiger charge is 2.20. The topological polar surface area (TPSA) is 88.7 Å². The third kappa shape index (κ3) is 3.73. The molecule has 3 aromatic heterocycles. The van der Waals surface area contributed by atoms with Gasteiger partial charge in [-0.3, -0.25) is 4.79 Å². The molecule has 0 aliphatic carbocycles. The lowest BCUT2D eigenvalue weighted by atomic mass is 10.1. The standard InChI is InChI=1S/C24H21N5O2/c1-16-8-10-18(11-9-16)29-23(21-7-4-14-31-21)27-22(28-29)24(30)25-13-12-17-15-26-20-6-3-2-5-19(17)20/h2-11,14-15,26H,12-13H2,1H3,(H,25,30). The maximum atomic E-state index is 12.8. The van der Waals surface area contributed by atoms with Gasteiger partial charge in [0.25, 0.3) is 5.91 Å². The van der Waals surface area contributed by atoms with Gasteiger partial charge in [0.1, 0.15) is 0 Å². The third-order valence-corrected chi connectivity index (χ3v) is 5.19. The van der Waals surface area contributed by atoms with Crippen molar-refractivity contribution in [2.24, 2.45) is 0 Å². The minimum absolute atomic E-state index is 0.103. The molecule has 7 heteroatoms. The molecule has 0 bridgehead atoms. The number of amides is 1. The summed E-state index contributed by atoms with van der Waals surface area (Å²) < 4.78 is 7.14. The number of rotatable bonds is 6. The Hall–Kier alpha value is -4.13. The van der Waals surface area contributed by atoms with Crippen molar-refractivity contribution in [1.82, 2.24) is 25.1 Å². The van der Waals surface area contributed by atoms with Crippen LogP contribution in [0.4, 0.5) is 0 Å². The molecular formula is C24H21N5O2. The highest BCUT2D eigenvalue weighted by Crippen LogP contribution is 2.22. The molecule has 7 nitrogen and oxygen atoms in total. The first-order valence-corrected chi connectivity index (χ1v) is 10.1. The van der Waals surface area contributed by atoms with E-state index in [2.05, 4.69) is 26.4 Å². The molecule has 5 aromatic rings. The number of aromatic amines is 1. The van der Waals surface area contributed by atoms with Crippen LogP contribution in [0.15, 0.2) is 77.5 Å². The van der Waals surface area contributed by atoms with Gasteiger partial charge in [0, 0.05) is 23.6 Å². The fraction of sp³-hybridized carbons (Fsp3) is 0.125. The fourth-order valence-corrected chi connectivity index (χ4v) is 3.57. The number of benzene rings is 2. The number of aromatic nitrogens is 4. The number of furan rings is 1. The van der Waals surface area contributed by atoms with E-state index in [1.54, 1.807) is 23.1 Å². The van der Waals surface area contributed by atoms with Crippen LogP contribution in [0.3, 0.4) is 0 Å². The van der Waals surface area contributed by atoms with E-state index >= 15 is 0 Å². The molecule has 2 aromatic carbocycles. The van der Waals surface area contributed by atoms with E-state index in [1.807, 2.05) is 55.6 Å². The lowest BCUT2D eigenvalue weighted by Gasteiger charge is -2.04. The number of para-hydroxylation sites is 1. The second-order valence-corrected chi connectivity index (χ2v) is 7.35. The van der Waals surface area contributed by atoms with Crippen LogP contribution < -0.4 is 5.32 Å². The maximum absolute atomic E-state index is 12.8. The van der Waals surface area contributed by atoms with Gasteiger partial charge in [-0.1, -0.05) is 35.9 Å². The second kappa shape index (κ2) is 7.95. The molecule has 1 amide bonds. The number of hydrogen-bond acceptors (Lipinski definition) is 4. The zero-order valence-corrected chi connectivity index (χ0v) is 17.0. The molecule has 0 saturated heterocycles. The molecule has 31 heavy (non-hydrogen) atoms. The van der Waals surface area contributed by atoms with Gasteiger partial charge in [0.05, 0.1) is 12.0 Å². The number of H-pyrrole nitrogens is 1. The lowest BCUT2D eigenvalue weighted by Crippen LogP contribution is -2.26. The van der Waals surface area contributed by atoms with E-state index in [4.69, 9.17) is 4.42 Å². The van der Waals surface area contributed by atoms with E-state index in [-0.39, 0.29) is 11.7 Å². The van der Waals surface area contributed by atoms with E-state index in [0.717, 1.165) is 22.3 Å². The SMILES string of the molecule is Cc1ccc(-n2nc(C(=O)NCCc3c[nH]c4ccccc34)nc2-c2ccco2)cc1. The molecule has 0 aliphatic rings. The molecular weight excluding hydrogens is 390 g/mol. The summed E-state index contributed by atoms with van der Waals surface area (Å²) in [6, 6.07) is 19.6. The molecule has 154 valence electrons. The van der Waals surface area contributed by atoms with Gasteiger partial charge in [0.15, 0.2) is 11.6 Å². The average Bonchev–Trinajstić information content (AvgIpc) is 3.54. The zero-order chi connectivity index (χ0) is 21.2. The molecule has 5 rings (SSSR count). The molecule has 0 spiro atoms.